The molecule has 0 aliphatic heterocycles. The molecule has 1 nitrogen and oxygen atoms in total. The number of benzene rings is 1. The van der Waals surface area contributed by atoms with Crippen LogP contribution in [0.25, 0.3) is 0 Å². The smallest absolute Gasteiger partial charge is 0.0406 e. The van der Waals surface area contributed by atoms with E-state index in [1.165, 1.54) is 24.8 Å². The second-order valence-corrected chi connectivity index (χ2v) is 5.48. The third kappa shape index (κ3) is 2.58. The van der Waals surface area contributed by atoms with Crippen LogP contribution in [-0.4, -0.2) is 6.04 Å². The van der Waals surface area contributed by atoms with Gasteiger partial charge < -0.3 is 5.73 Å². The molecule has 2 rings (SSSR count). The maximum absolute atomic E-state index is 6.15. The zero-order valence-corrected chi connectivity index (χ0v) is 10.6. The molecule has 2 N–H and O–H groups in total. The zero-order valence-electron chi connectivity index (χ0n) is 9.88. The fourth-order valence-electron chi connectivity index (χ4n) is 2.54. The van der Waals surface area contributed by atoms with Crippen molar-refractivity contribution in [3.8, 4) is 0 Å². The Morgan fingerprint density at radius 1 is 1.31 bits per heavy atom. The van der Waals surface area contributed by atoms with Gasteiger partial charge in [0.05, 0.1) is 0 Å². The van der Waals surface area contributed by atoms with Gasteiger partial charge in [-0.05, 0) is 48.8 Å². The Bertz CT molecular complexity index is 340. The van der Waals surface area contributed by atoms with Gasteiger partial charge in [-0.25, -0.2) is 0 Å². The highest BCUT2D eigenvalue weighted by Gasteiger charge is 2.44. The summed E-state index contributed by atoms with van der Waals surface area (Å²) in [5.41, 5.74) is 7.95. The molecule has 0 aromatic heterocycles. The van der Waals surface area contributed by atoms with Gasteiger partial charge in [-0.3, -0.25) is 0 Å². The third-order valence-corrected chi connectivity index (χ3v) is 3.87. The first-order valence-electron chi connectivity index (χ1n) is 6.18. The summed E-state index contributed by atoms with van der Waals surface area (Å²) in [5, 5.41) is 0.817. The molecule has 0 radical (unpaired) electrons. The van der Waals surface area contributed by atoms with Crippen LogP contribution in [0.4, 0.5) is 0 Å². The number of hydrogen-bond acceptors (Lipinski definition) is 1. The van der Waals surface area contributed by atoms with Gasteiger partial charge in [-0.15, -0.1) is 0 Å². The van der Waals surface area contributed by atoms with Crippen molar-refractivity contribution in [2.24, 2.45) is 5.73 Å². The van der Waals surface area contributed by atoms with Crippen LogP contribution in [0, 0.1) is 0 Å². The summed E-state index contributed by atoms with van der Waals surface area (Å²) in [5.74, 6) is 0. The Morgan fingerprint density at radius 2 is 1.94 bits per heavy atom. The lowest BCUT2D eigenvalue weighted by molar-refractivity contribution is 0.485. The Morgan fingerprint density at radius 3 is 2.44 bits per heavy atom. The van der Waals surface area contributed by atoms with E-state index in [-0.39, 0.29) is 0 Å². The lowest BCUT2D eigenvalue weighted by Gasteiger charge is -2.20. The first-order chi connectivity index (χ1) is 7.66. The molecule has 2 heteroatoms. The maximum atomic E-state index is 6.15. The van der Waals surface area contributed by atoms with Gasteiger partial charge in [0.1, 0.15) is 0 Å². The van der Waals surface area contributed by atoms with Crippen molar-refractivity contribution in [1.82, 2.24) is 0 Å². The lowest BCUT2D eigenvalue weighted by Crippen LogP contribution is -2.26. The first kappa shape index (κ1) is 11.9. The second kappa shape index (κ2) is 4.77. The van der Waals surface area contributed by atoms with Gasteiger partial charge in [0.25, 0.3) is 0 Å². The molecule has 1 atom stereocenters. The molecule has 88 valence electrons. The van der Waals surface area contributed by atoms with Crippen molar-refractivity contribution in [1.29, 1.82) is 0 Å². The van der Waals surface area contributed by atoms with Crippen LogP contribution in [-0.2, 0) is 5.41 Å². The zero-order chi connectivity index (χ0) is 11.6. The van der Waals surface area contributed by atoms with Crippen molar-refractivity contribution < 1.29 is 0 Å². The summed E-state index contributed by atoms with van der Waals surface area (Å²) in [6.07, 6.45) is 6.01. The third-order valence-electron chi connectivity index (χ3n) is 3.62. The lowest BCUT2D eigenvalue weighted by atomic mass is 9.88. The highest BCUT2D eigenvalue weighted by molar-refractivity contribution is 6.30. The number of hydrogen-bond donors (Lipinski definition) is 1. The van der Waals surface area contributed by atoms with Gasteiger partial charge in [0.2, 0.25) is 0 Å². The Balaban J connectivity index is 2.05. The largest absolute Gasteiger partial charge is 0.328 e. The van der Waals surface area contributed by atoms with Gasteiger partial charge in [-0.1, -0.05) is 37.1 Å². The summed E-state index contributed by atoms with van der Waals surface area (Å²) in [6.45, 7) is 2.20. The predicted molar refractivity (Wildman–Crippen MR) is 69.9 cm³/mol. The van der Waals surface area contributed by atoms with Crippen molar-refractivity contribution >= 4 is 11.6 Å². The molecule has 1 unspecified atom stereocenters. The highest BCUT2D eigenvalue weighted by atomic mass is 35.5. The Kier molecular flexibility index (Phi) is 3.56. The van der Waals surface area contributed by atoms with Crippen molar-refractivity contribution in [2.75, 3.05) is 0 Å². The average molecular weight is 238 g/mol. The molecule has 0 bridgehead atoms. The summed E-state index contributed by atoms with van der Waals surface area (Å²) >= 11 is 5.91. The molecule has 16 heavy (non-hydrogen) atoms. The minimum absolute atomic E-state index is 0.350. The molecular formula is C14H20ClN. The van der Waals surface area contributed by atoms with Crippen LogP contribution in [0.1, 0.15) is 44.6 Å². The average Bonchev–Trinajstić information content (AvgIpc) is 3.00. The molecule has 0 heterocycles. The minimum Gasteiger partial charge on any atom is -0.328 e. The minimum atomic E-state index is 0.350. The monoisotopic (exact) mass is 237 g/mol. The fourth-order valence-corrected chi connectivity index (χ4v) is 2.67. The maximum Gasteiger partial charge on any atom is 0.0406 e. The predicted octanol–water partition coefficient (Wildman–Crippen LogP) is 3.89. The van der Waals surface area contributed by atoms with Crippen LogP contribution in [0.3, 0.4) is 0 Å². The van der Waals surface area contributed by atoms with Crippen LogP contribution in [0.2, 0.25) is 5.02 Å². The molecular weight excluding hydrogens is 218 g/mol. The molecule has 0 spiro atoms. The number of halogens is 1. The van der Waals surface area contributed by atoms with E-state index in [2.05, 4.69) is 19.1 Å². The normalized spacial score (nSPS) is 19.4. The molecule has 0 saturated heterocycles. The molecule has 1 saturated carbocycles. The SMILES string of the molecule is CCCC(N)CC1(c2ccc(Cl)cc2)CC1. The standard InChI is InChI=1S/C14H20ClN/c1-2-3-13(16)10-14(8-9-14)11-4-6-12(15)7-5-11/h4-7,13H,2-3,8-10,16H2,1H3. The van der Waals surface area contributed by atoms with E-state index in [1.807, 2.05) is 12.1 Å². The van der Waals surface area contributed by atoms with E-state index in [0.29, 0.717) is 11.5 Å². The van der Waals surface area contributed by atoms with Gasteiger partial charge in [0.15, 0.2) is 0 Å². The van der Waals surface area contributed by atoms with Crippen molar-refractivity contribution in [3.63, 3.8) is 0 Å². The van der Waals surface area contributed by atoms with Gasteiger partial charge in [0, 0.05) is 11.1 Å². The summed E-state index contributed by atoms with van der Waals surface area (Å²) in [7, 11) is 0. The highest BCUT2D eigenvalue weighted by Crippen LogP contribution is 2.51. The quantitative estimate of drug-likeness (QED) is 0.826. The van der Waals surface area contributed by atoms with Crippen LogP contribution in [0.15, 0.2) is 24.3 Å². The fraction of sp³-hybridized carbons (Fsp3) is 0.571. The number of rotatable bonds is 5. The van der Waals surface area contributed by atoms with Gasteiger partial charge in [-0.2, -0.15) is 0 Å². The van der Waals surface area contributed by atoms with E-state index < -0.39 is 0 Å². The van der Waals surface area contributed by atoms with Crippen LogP contribution in [0.5, 0.6) is 0 Å². The topological polar surface area (TPSA) is 26.0 Å². The molecule has 1 aromatic carbocycles. The van der Waals surface area contributed by atoms with E-state index in [0.717, 1.165) is 17.9 Å². The molecule has 0 amide bonds. The van der Waals surface area contributed by atoms with Crippen LogP contribution >= 0.6 is 11.6 Å². The van der Waals surface area contributed by atoms with Crippen molar-refractivity contribution in [3.05, 3.63) is 34.9 Å². The molecule has 1 aliphatic carbocycles. The number of nitrogens with two attached hydrogens (primary N) is 1. The van der Waals surface area contributed by atoms with E-state index in [4.69, 9.17) is 17.3 Å². The summed E-state index contributed by atoms with van der Waals surface area (Å²) < 4.78 is 0. The Hall–Kier alpha value is -0.530. The first-order valence-corrected chi connectivity index (χ1v) is 6.56. The van der Waals surface area contributed by atoms with E-state index >= 15 is 0 Å². The van der Waals surface area contributed by atoms with E-state index in [1.54, 1.807) is 0 Å². The van der Waals surface area contributed by atoms with Gasteiger partial charge >= 0.3 is 0 Å². The molecule has 1 fully saturated rings. The Labute approximate surface area is 103 Å². The molecule has 1 aliphatic rings. The second-order valence-electron chi connectivity index (χ2n) is 5.04. The summed E-state index contributed by atoms with van der Waals surface area (Å²) in [6, 6.07) is 8.65. The van der Waals surface area contributed by atoms with Crippen LogP contribution < -0.4 is 5.73 Å². The van der Waals surface area contributed by atoms with Crippen molar-refractivity contribution in [2.45, 2.75) is 50.5 Å². The molecule has 1 aromatic rings. The van der Waals surface area contributed by atoms with E-state index in [9.17, 15) is 0 Å². The summed E-state index contributed by atoms with van der Waals surface area (Å²) in [4.78, 5) is 0.